The van der Waals surface area contributed by atoms with Gasteiger partial charge < -0.3 is 4.90 Å². The lowest BCUT2D eigenvalue weighted by Gasteiger charge is -2.50. The Morgan fingerprint density at radius 3 is 2.73 bits per heavy atom. The minimum absolute atomic E-state index is 0.0466. The number of pyridine rings is 1. The van der Waals surface area contributed by atoms with Gasteiger partial charge in [-0.25, -0.2) is 9.78 Å². The average molecular weight is 452 g/mol. The van der Waals surface area contributed by atoms with Gasteiger partial charge in [-0.2, -0.15) is 0 Å². The Morgan fingerprint density at radius 2 is 1.97 bits per heavy atom. The third-order valence-electron chi connectivity index (χ3n) is 7.22. The molecule has 0 aliphatic carbocycles. The van der Waals surface area contributed by atoms with Gasteiger partial charge in [0.25, 0.3) is 5.56 Å². The number of amides is 4. The molecule has 0 aromatic carbocycles. The maximum atomic E-state index is 14.0. The molecule has 0 bridgehead atoms. The lowest BCUT2D eigenvalue weighted by atomic mass is 9.68. The molecule has 2 fully saturated rings. The van der Waals surface area contributed by atoms with E-state index in [4.69, 9.17) is 4.98 Å². The third kappa shape index (κ3) is 3.08. The number of carbonyl (C=O) groups excluding carboxylic acids is 3. The largest absolute Gasteiger partial charge is 0.352 e. The molecule has 9 heteroatoms. The molecule has 2 saturated heterocycles. The summed E-state index contributed by atoms with van der Waals surface area (Å²) in [6.07, 6.45) is 4.94. The maximum absolute atomic E-state index is 14.0. The van der Waals surface area contributed by atoms with Gasteiger partial charge >= 0.3 is 6.03 Å². The number of aromatic nitrogens is 2. The predicted octanol–water partition coefficient (Wildman–Crippen LogP) is 2.03. The molecule has 2 aromatic heterocycles. The smallest absolute Gasteiger partial charge is 0.330 e. The van der Waals surface area contributed by atoms with Crippen molar-refractivity contribution in [3.63, 3.8) is 0 Å². The van der Waals surface area contributed by atoms with Crippen molar-refractivity contribution < 1.29 is 14.4 Å². The second-order valence-electron chi connectivity index (χ2n) is 9.88. The van der Waals surface area contributed by atoms with E-state index in [0.29, 0.717) is 30.0 Å². The van der Waals surface area contributed by atoms with Crippen molar-refractivity contribution in [2.24, 2.45) is 11.3 Å². The fourth-order valence-electron chi connectivity index (χ4n) is 5.67. The van der Waals surface area contributed by atoms with E-state index in [2.05, 4.69) is 5.32 Å². The number of urea groups is 1. The first kappa shape index (κ1) is 21.6. The van der Waals surface area contributed by atoms with E-state index in [1.54, 1.807) is 12.3 Å². The van der Waals surface area contributed by atoms with Gasteiger partial charge in [-0.05, 0) is 37.3 Å². The molecule has 5 heterocycles. The maximum Gasteiger partial charge on any atom is 0.330 e. The highest BCUT2D eigenvalue weighted by Gasteiger charge is 2.62. The fraction of sp³-hybridized carbons (Fsp3) is 0.542. The number of fused-ring (bicyclic) bond motifs is 5. The molecule has 0 radical (unpaired) electrons. The van der Waals surface area contributed by atoms with Gasteiger partial charge in [-0.3, -0.25) is 29.0 Å². The molecule has 1 N–H and O–H groups in total. The summed E-state index contributed by atoms with van der Waals surface area (Å²) >= 11 is 0. The quantitative estimate of drug-likeness (QED) is 0.701. The molecule has 5 rings (SSSR count). The van der Waals surface area contributed by atoms with E-state index in [1.807, 2.05) is 31.7 Å². The van der Waals surface area contributed by atoms with Crippen LogP contribution in [0.4, 0.5) is 10.6 Å². The molecule has 3 aliphatic rings. The molecule has 174 valence electrons. The minimum atomic E-state index is -1.53. The van der Waals surface area contributed by atoms with Crippen molar-refractivity contribution in [2.45, 2.75) is 58.9 Å². The van der Waals surface area contributed by atoms with Gasteiger partial charge in [0.15, 0.2) is 5.41 Å². The molecule has 2 aromatic rings. The van der Waals surface area contributed by atoms with E-state index in [1.165, 1.54) is 4.40 Å². The second-order valence-corrected chi connectivity index (χ2v) is 9.88. The molecule has 2 atom stereocenters. The van der Waals surface area contributed by atoms with Crippen LogP contribution in [-0.4, -0.2) is 51.3 Å². The molecule has 0 unspecified atom stereocenters. The van der Waals surface area contributed by atoms with Crippen molar-refractivity contribution in [1.29, 1.82) is 0 Å². The van der Waals surface area contributed by atoms with Crippen molar-refractivity contribution in [2.75, 3.05) is 18.0 Å². The Bertz CT molecular complexity index is 1240. The van der Waals surface area contributed by atoms with Crippen LogP contribution in [0.15, 0.2) is 23.1 Å². The fourth-order valence-corrected chi connectivity index (χ4v) is 5.67. The second kappa shape index (κ2) is 7.67. The highest BCUT2D eigenvalue weighted by Crippen LogP contribution is 2.45. The van der Waals surface area contributed by atoms with Gasteiger partial charge in [0.2, 0.25) is 11.8 Å². The van der Waals surface area contributed by atoms with E-state index in [9.17, 15) is 19.2 Å². The molecule has 0 saturated carbocycles. The third-order valence-corrected chi connectivity index (χ3v) is 7.22. The topological polar surface area (TPSA) is 104 Å². The highest BCUT2D eigenvalue weighted by molar-refractivity contribution is 6.20. The number of imide groups is 2. The first-order chi connectivity index (χ1) is 15.8. The number of barbiturate groups is 1. The van der Waals surface area contributed by atoms with Gasteiger partial charge in [0.05, 0.1) is 11.6 Å². The SMILES string of the molecule is Cc1cccn2c(=O)c3c(nc12)N1CCCCC[C@@H]1[C@]1(C3)C(=O)NC(=O)N(CC(C)C)C1=O. The molecular formula is C24H29N5O4. The lowest BCUT2D eigenvalue weighted by molar-refractivity contribution is -0.154. The number of rotatable bonds is 2. The Balaban J connectivity index is 1.75. The first-order valence-corrected chi connectivity index (χ1v) is 11.7. The Kier molecular flexibility index (Phi) is 5.02. The minimum Gasteiger partial charge on any atom is -0.352 e. The number of carbonyl (C=O) groups is 3. The summed E-state index contributed by atoms with van der Waals surface area (Å²) < 4.78 is 1.49. The van der Waals surface area contributed by atoms with Gasteiger partial charge in [0, 0.05) is 25.7 Å². The lowest BCUT2D eigenvalue weighted by Crippen LogP contribution is -2.72. The Morgan fingerprint density at radius 1 is 1.18 bits per heavy atom. The van der Waals surface area contributed by atoms with Crippen LogP contribution < -0.4 is 15.8 Å². The molecule has 1 spiro atoms. The summed E-state index contributed by atoms with van der Waals surface area (Å²) in [6, 6.07) is 2.55. The number of hydrogen-bond acceptors (Lipinski definition) is 6. The number of nitrogens with one attached hydrogen (secondary N) is 1. The zero-order chi connectivity index (χ0) is 23.5. The summed E-state index contributed by atoms with van der Waals surface area (Å²) in [5.74, 6) is -0.486. The number of aryl methyl sites for hydroxylation is 1. The summed E-state index contributed by atoms with van der Waals surface area (Å²) in [5.41, 5.74) is 0.0201. The number of hydrogen-bond donors (Lipinski definition) is 1. The van der Waals surface area contributed by atoms with Gasteiger partial charge in [-0.1, -0.05) is 32.8 Å². The van der Waals surface area contributed by atoms with Crippen molar-refractivity contribution in [3.8, 4) is 0 Å². The van der Waals surface area contributed by atoms with Gasteiger partial charge in [-0.15, -0.1) is 0 Å². The average Bonchev–Trinajstić information content (AvgIpc) is 3.03. The van der Waals surface area contributed by atoms with Gasteiger partial charge in [0.1, 0.15) is 11.5 Å². The van der Waals surface area contributed by atoms with Crippen LogP contribution in [0.3, 0.4) is 0 Å². The zero-order valence-electron chi connectivity index (χ0n) is 19.3. The standard InChI is InChI=1S/C24H29N5O4/c1-14(2)13-29-22(32)24(21(31)26-23(29)33)12-16-19(27-10-6-4-5-9-17(24)27)25-18-15(3)8-7-11-28(18)20(16)30/h7-8,11,14,17H,4-6,9-10,12-13H2,1-3H3,(H,26,31,33)/t17-,24-/m1/s1. The van der Waals surface area contributed by atoms with Crippen LogP contribution in [0.2, 0.25) is 0 Å². The van der Waals surface area contributed by atoms with Crippen LogP contribution in [0.5, 0.6) is 0 Å². The number of nitrogens with zero attached hydrogens (tertiary/aromatic N) is 4. The van der Waals surface area contributed by atoms with E-state index >= 15 is 0 Å². The molecule has 9 nitrogen and oxygen atoms in total. The Hall–Kier alpha value is -3.23. The van der Waals surface area contributed by atoms with Crippen molar-refractivity contribution >= 4 is 29.3 Å². The van der Waals surface area contributed by atoms with Crippen LogP contribution in [0.25, 0.3) is 5.65 Å². The van der Waals surface area contributed by atoms with E-state index in [-0.39, 0.29) is 24.4 Å². The molecular weight excluding hydrogens is 422 g/mol. The summed E-state index contributed by atoms with van der Waals surface area (Å²) in [7, 11) is 0. The monoisotopic (exact) mass is 451 g/mol. The first-order valence-electron chi connectivity index (χ1n) is 11.7. The zero-order valence-corrected chi connectivity index (χ0v) is 19.3. The molecule has 3 aliphatic heterocycles. The normalized spacial score (nSPS) is 25.3. The van der Waals surface area contributed by atoms with E-state index in [0.717, 1.165) is 29.7 Å². The van der Waals surface area contributed by atoms with Crippen LogP contribution in [0, 0.1) is 18.3 Å². The van der Waals surface area contributed by atoms with Crippen molar-refractivity contribution in [1.82, 2.24) is 19.6 Å². The van der Waals surface area contributed by atoms with E-state index < -0.39 is 29.3 Å². The number of anilines is 1. The molecule has 4 amide bonds. The van der Waals surface area contributed by atoms with Crippen LogP contribution >= 0.6 is 0 Å². The summed E-state index contributed by atoms with van der Waals surface area (Å²) in [5, 5.41) is 2.45. The summed E-state index contributed by atoms with van der Waals surface area (Å²) in [4.78, 5) is 61.7. The van der Waals surface area contributed by atoms with Crippen LogP contribution in [-0.2, 0) is 16.0 Å². The van der Waals surface area contributed by atoms with Crippen LogP contribution in [0.1, 0.15) is 50.7 Å². The predicted molar refractivity (Wildman–Crippen MR) is 122 cm³/mol. The Labute approximate surface area is 191 Å². The molecule has 33 heavy (non-hydrogen) atoms. The highest BCUT2D eigenvalue weighted by atomic mass is 16.2. The van der Waals surface area contributed by atoms with Crippen molar-refractivity contribution in [3.05, 3.63) is 39.8 Å². The summed E-state index contributed by atoms with van der Waals surface area (Å²) in [6.45, 7) is 6.57.